The fraction of sp³-hybridized carbons (Fsp3) is 0.500. The van der Waals surface area contributed by atoms with Gasteiger partial charge in [-0.3, -0.25) is 9.36 Å². The Bertz CT molecular complexity index is 520. The van der Waals surface area contributed by atoms with Gasteiger partial charge in [0, 0.05) is 20.6 Å². The van der Waals surface area contributed by atoms with Gasteiger partial charge >= 0.3 is 7.60 Å². The van der Waals surface area contributed by atoms with E-state index < -0.39 is 7.60 Å². The molecule has 1 aromatic rings. The lowest BCUT2D eigenvalue weighted by atomic mass is 10.1. The smallest absolute Gasteiger partial charge is 0.337 e. The summed E-state index contributed by atoms with van der Waals surface area (Å²) < 4.78 is 31.7. The topological polar surface area (TPSA) is 71.1 Å². The predicted molar refractivity (Wildman–Crippen MR) is 79.4 cm³/mol. The van der Waals surface area contributed by atoms with E-state index in [-0.39, 0.29) is 18.4 Å². The maximum absolute atomic E-state index is 11.9. The van der Waals surface area contributed by atoms with E-state index in [0.29, 0.717) is 17.9 Å². The highest BCUT2D eigenvalue weighted by Crippen LogP contribution is 2.46. The third kappa shape index (κ3) is 5.16. The van der Waals surface area contributed by atoms with Crippen molar-refractivity contribution in [2.75, 3.05) is 34.6 Å². The van der Waals surface area contributed by atoms with Crippen LogP contribution < -0.4 is 9.47 Å². The maximum Gasteiger partial charge on any atom is 0.337 e. The van der Waals surface area contributed by atoms with E-state index in [4.69, 9.17) is 18.5 Å². The van der Waals surface area contributed by atoms with Crippen LogP contribution in [0.4, 0.5) is 0 Å². The third-order valence-electron chi connectivity index (χ3n) is 3.07. The number of Topliss-reactive ketones (excluding diaryl/α,β-unsaturated/α-hetero) is 1. The van der Waals surface area contributed by atoms with Gasteiger partial charge in [-0.15, -0.1) is 0 Å². The van der Waals surface area contributed by atoms with Gasteiger partial charge in [0.15, 0.2) is 11.5 Å². The fourth-order valence-corrected chi connectivity index (χ4v) is 2.82. The second-order valence-electron chi connectivity index (χ2n) is 4.36. The first-order chi connectivity index (χ1) is 9.97. The van der Waals surface area contributed by atoms with Gasteiger partial charge in [-0.05, 0) is 24.1 Å². The molecule has 0 heterocycles. The van der Waals surface area contributed by atoms with Crippen molar-refractivity contribution in [1.82, 2.24) is 0 Å². The molecule has 0 aliphatic rings. The summed E-state index contributed by atoms with van der Waals surface area (Å²) in [6, 6.07) is 5.47. The van der Waals surface area contributed by atoms with Crippen molar-refractivity contribution >= 4 is 13.4 Å². The molecule has 0 N–H and O–H groups in total. The van der Waals surface area contributed by atoms with Gasteiger partial charge in [0.1, 0.15) is 11.9 Å². The molecule has 0 bridgehead atoms. The van der Waals surface area contributed by atoms with E-state index in [2.05, 4.69) is 0 Å². The van der Waals surface area contributed by atoms with Crippen LogP contribution in [-0.4, -0.2) is 40.4 Å². The number of methoxy groups -OCH3 is 2. The van der Waals surface area contributed by atoms with Gasteiger partial charge in [0.2, 0.25) is 0 Å². The molecule has 0 saturated carbocycles. The number of hydrogen-bond acceptors (Lipinski definition) is 6. The normalized spacial score (nSPS) is 11.2. The molecule has 6 nitrogen and oxygen atoms in total. The lowest BCUT2D eigenvalue weighted by Crippen LogP contribution is -2.09. The molecule has 0 radical (unpaired) electrons. The van der Waals surface area contributed by atoms with Gasteiger partial charge in [0.25, 0.3) is 0 Å². The molecule has 0 amide bonds. The molecule has 21 heavy (non-hydrogen) atoms. The Morgan fingerprint density at radius 2 is 1.67 bits per heavy atom. The monoisotopic (exact) mass is 316 g/mol. The Morgan fingerprint density at radius 3 is 2.19 bits per heavy atom. The van der Waals surface area contributed by atoms with E-state index in [1.165, 1.54) is 14.2 Å². The molecule has 0 unspecified atom stereocenters. The Balaban J connectivity index is 2.63. The van der Waals surface area contributed by atoms with Crippen LogP contribution in [0.2, 0.25) is 0 Å². The molecule has 0 aromatic heterocycles. The van der Waals surface area contributed by atoms with Crippen LogP contribution in [-0.2, 0) is 24.8 Å². The van der Waals surface area contributed by atoms with Gasteiger partial charge in [-0.25, -0.2) is 0 Å². The standard InChI is InChI=1S/C14H21O6P/c1-17-13-8-6-11(9-14(13)18-2)5-7-12(15)10-21(16,19-3)20-4/h6,8-9H,5,7,10H2,1-4H3. The van der Waals surface area contributed by atoms with E-state index in [9.17, 15) is 9.36 Å². The molecule has 118 valence electrons. The summed E-state index contributed by atoms with van der Waals surface area (Å²) in [5, 5.41) is 0. The number of benzene rings is 1. The minimum atomic E-state index is -3.28. The molecule has 0 atom stereocenters. The Kier molecular flexibility index (Phi) is 6.89. The Hall–Kier alpha value is -1.36. The van der Waals surface area contributed by atoms with Crippen molar-refractivity contribution in [1.29, 1.82) is 0 Å². The van der Waals surface area contributed by atoms with Crippen LogP contribution in [0.15, 0.2) is 18.2 Å². The lowest BCUT2D eigenvalue weighted by molar-refractivity contribution is -0.116. The summed E-state index contributed by atoms with van der Waals surface area (Å²) in [4.78, 5) is 11.8. The van der Waals surface area contributed by atoms with E-state index in [1.807, 2.05) is 12.1 Å². The third-order valence-corrected chi connectivity index (χ3v) is 4.92. The van der Waals surface area contributed by atoms with Crippen molar-refractivity contribution < 1.29 is 27.9 Å². The van der Waals surface area contributed by atoms with Crippen molar-refractivity contribution in [3.05, 3.63) is 23.8 Å². The molecule has 0 fully saturated rings. The molecule has 0 saturated heterocycles. The molecule has 7 heteroatoms. The van der Waals surface area contributed by atoms with Gasteiger partial charge in [0.05, 0.1) is 14.2 Å². The van der Waals surface area contributed by atoms with Crippen LogP contribution in [0.1, 0.15) is 12.0 Å². The number of ether oxygens (including phenoxy) is 2. The number of rotatable bonds is 9. The SMILES string of the molecule is COc1ccc(CCC(=O)CP(=O)(OC)OC)cc1OC. The number of hydrogen-bond donors (Lipinski definition) is 0. The van der Waals surface area contributed by atoms with Crippen molar-refractivity contribution in [3.8, 4) is 11.5 Å². The van der Waals surface area contributed by atoms with Crippen LogP contribution >= 0.6 is 7.60 Å². The number of ketones is 1. The molecule has 0 spiro atoms. The van der Waals surface area contributed by atoms with Gasteiger partial charge < -0.3 is 18.5 Å². The van der Waals surface area contributed by atoms with E-state index in [1.54, 1.807) is 20.3 Å². The lowest BCUT2D eigenvalue weighted by Gasteiger charge is -2.12. The summed E-state index contributed by atoms with van der Waals surface area (Å²) in [5.74, 6) is 1.08. The zero-order valence-electron chi connectivity index (χ0n) is 12.8. The minimum Gasteiger partial charge on any atom is -0.493 e. The number of carbonyl (C=O) groups excluding carboxylic acids is 1. The molecule has 0 aliphatic carbocycles. The number of carbonyl (C=O) groups is 1. The van der Waals surface area contributed by atoms with Crippen molar-refractivity contribution in [2.24, 2.45) is 0 Å². The summed E-state index contributed by atoms with van der Waals surface area (Å²) in [5.41, 5.74) is 0.936. The van der Waals surface area contributed by atoms with Crippen molar-refractivity contribution in [3.63, 3.8) is 0 Å². The Morgan fingerprint density at radius 1 is 1.05 bits per heavy atom. The highest BCUT2D eigenvalue weighted by molar-refractivity contribution is 7.54. The largest absolute Gasteiger partial charge is 0.493 e. The predicted octanol–water partition coefficient (Wildman–Crippen LogP) is 2.69. The second-order valence-corrected chi connectivity index (χ2v) is 6.63. The molecular weight excluding hydrogens is 295 g/mol. The van der Waals surface area contributed by atoms with Crippen LogP contribution in [0.3, 0.4) is 0 Å². The highest BCUT2D eigenvalue weighted by atomic mass is 31.2. The van der Waals surface area contributed by atoms with E-state index >= 15 is 0 Å². The molecular formula is C14H21O6P. The first-order valence-electron chi connectivity index (χ1n) is 6.41. The summed E-state index contributed by atoms with van der Waals surface area (Å²) >= 11 is 0. The summed E-state index contributed by atoms with van der Waals surface area (Å²) in [6.45, 7) is 0. The first kappa shape index (κ1) is 17.7. The molecule has 1 rings (SSSR count). The average molecular weight is 316 g/mol. The minimum absolute atomic E-state index is 0.170. The fourth-order valence-electron chi connectivity index (χ4n) is 1.82. The van der Waals surface area contributed by atoms with Crippen LogP contribution in [0.5, 0.6) is 11.5 Å². The molecule has 0 aliphatic heterocycles. The average Bonchev–Trinajstić information content (AvgIpc) is 2.52. The summed E-state index contributed by atoms with van der Waals surface area (Å²) in [6.07, 6.45) is 0.562. The Labute approximate surface area is 124 Å². The van der Waals surface area contributed by atoms with E-state index in [0.717, 1.165) is 5.56 Å². The zero-order chi connectivity index (χ0) is 15.9. The van der Waals surface area contributed by atoms with Gasteiger partial charge in [-0.2, -0.15) is 0 Å². The highest BCUT2D eigenvalue weighted by Gasteiger charge is 2.25. The second kappa shape index (κ2) is 8.17. The summed E-state index contributed by atoms with van der Waals surface area (Å²) in [7, 11) is 2.38. The maximum atomic E-state index is 11.9. The quantitative estimate of drug-likeness (QED) is 0.652. The number of aryl methyl sites for hydroxylation is 1. The first-order valence-corrected chi connectivity index (χ1v) is 8.14. The van der Waals surface area contributed by atoms with Gasteiger partial charge in [-0.1, -0.05) is 6.07 Å². The van der Waals surface area contributed by atoms with Crippen LogP contribution in [0, 0.1) is 0 Å². The molecule has 1 aromatic carbocycles. The van der Waals surface area contributed by atoms with Crippen LogP contribution in [0.25, 0.3) is 0 Å². The zero-order valence-corrected chi connectivity index (χ0v) is 13.6. The van der Waals surface area contributed by atoms with Crippen molar-refractivity contribution in [2.45, 2.75) is 12.8 Å².